The first-order valence-electron chi connectivity index (χ1n) is 18.9. The van der Waals surface area contributed by atoms with E-state index in [0.717, 1.165) is 28.9 Å². The number of carbonyl (C=O) groups is 3. The Morgan fingerprint density at radius 1 is 1.23 bits per heavy atom. The number of benzene rings is 1. The largest absolute Gasteiger partial charge is 0.457 e. The van der Waals surface area contributed by atoms with Crippen LogP contribution in [0.5, 0.6) is 0 Å². The number of esters is 1. The number of anilines is 1. The SMILES string of the molecule is C/C1=C\C=C\[C@@H](C)[C@@]2(O)C[C@H](OC(=O)N2)[C@@H](C)[C@@H]2O[C@@]2(C)[C@@H](OC(=O)[C@H](C)N(C)CCC(C)(C)SCC(C)C)CC(=O)N(C)c2cc(cc(C)c2Cl)C1. The van der Waals surface area contributed by atoms with Crippen LogP contribution in [0.15, 0.2) is 35.9 Å². The molecule has 3 heterocycles. The van der Waals surface area contributed by atoms with Crippen LogP contribution in [0.4, 0.5) is 10.5 Å². The minimum Gasteiger partial charge on any atom is -0.457 e. The predicted octanol–water partition coefficient (Wildman–Crippen LogP) is 7.47. The van der Waals surface area contributed by atoms with Crippen molar-refractivity contribution in [2.45, 2.75) is 135 Å². The highest BCUT2D eigenvalue weighted by Gasteiger charge is 2.64. The molecule has 2 N–H and O–H groups in total. The fourth-order valence-corrected chi connectivity index (χ4v) is 8.33. The minimum absolute atomic E-state index is 0.0440. The van der Waals surface area contributed by atoms with Crippen molar-refractivity contribution in [3.05, 3.63) is 52.1 Å². The molecule has 1 aromatic carbocycles. The summed E-state index contributed by atoms with van der Waals surface area (Å²) in [6, 6.07) is 3.35. The zero-order valence-electron chi connectivity index (χ0n) is 33.7. The molecule has 10 nitrogen and oxygen atoms in total. The number of rotatable bonds is 9. The van der Waals surface area contributed by atoms with E-state index in [2.05, 4.69) is 33.0 Å². The van der Waals surface area contributed by atoms with Gasteiger partial charge in [0.2, 0.25) is 5.91 Å². The Labute approximate surface area is 326 Å². The van der Waals surface area contributed by atoms with E-state index in [1.54, 1.807) is 7.05 Å². The fraction of sp³-hybridized carbons (Fsp3) is 0.683. The number of epoxide rings is 1. The van der Waals surface area contributed by atoms with Crippen molar-refractivity contribution in [3.63, 3.8) is 0 Å². The third kappa shape index (κ3) is 10.6. The number of halogens is 1. The summed E-state index contributed by atoms with van der Waals surface area (Å²) in [7, 11) is 3.60. The summed E-state index contributed by atoms with van der Waals surface area (Å²) in [4.78, 5) is 44.4. The number of carbonyl (C=O) groups excluding carboxylic acids is 3. The monoisotopic (exact) mass is 775 g/mol. The lowest BCUT2D eigenvalue weighted by molar-refractivity contribution is -0.159. The molecule has 8 atom stereocenters. The number of nitrogens with one attached hydrogen (secondary N) is 1. The van der Waals surface area contributed by atoms with Crippen LogP contribution >= 0.6 is 23.4 Å². The molecule has 2 saturated heterocycles. The Morgan fingerprint density at radius 3 is 2.57 bits per heavy atom. The van der Waals surface area contributed by atoms with Gasteiger partial charge in [-0.3, -0.25) is 19.8 Å². The van der Waals surface area contributed by atoms with E-state index in [0.29, 0.717) is 29.6 Å². The number of alkyl carbamates (subject to hydrolysis) is 1. The second kappa shape index (κ2) is 17.1. The smallest absolute Gasteiger partial charge is 0.409 e. The number of amides is 2. The van der Waals surface area contributed by atoms with Crippen LogP contribution in [0.2, 0.25) is 5.02 Å². The summed E-state index contributed by atoms with van der Waals surface area (Å²) >= 11 is 8.75. The van der Waals surface area contributed by atoms with Crippen LogP contribution in [0.3, 0.4) is 0 Å². The number of aryl methyl sites for hydroxylation is 1. The second-order valence-electron chi connectivity index (χ2n) is 16.8. The molecule has 0 aliphatic carbocycles. The van der Waals surface area contributed by atoms with Gasteiger partial charge in [-0.2, -0.15) is 11.8 Å². The molecule has 4 rings (SSSR count). The van der Waals surface area contributed by atoms with Crippen LogP contribution in [-0.4, -0.2) is 94.8 Å². The van der Waals surface area contributed by atoms with Crippen molar-refractivity contribution < 1.29 is 33.7 Å². The number of likely N-dealkylation sites (N-methyl/N-ethyl adjacent to an activating group) is 1. The van der Waals surface area contributed by atoms with Gasteiger partial charge in [-0.05, 0) is 83.0 Å². The molecule has 3 aliphatic rings. The molecule has 296 valence electrons. The highest BCUT2D eigenvalue weighted by atomic mass is 35.5. The molecule has 3 aliphatic heterocycles. The number of aliphatic hydroxyl groups is 1. The maximum Gasteiger partial charge on any atom is 0.409 e. The summed E-state index contributed by atoms with van der Waals surface area (Å²) in [5.74, 6) is 0.0735. The maximum absolute atomic E-state index is 14.2. The standard InChI is InChI=1S/C41H62ClN3O7S/c1-24(2)23-53-39(8,9)16-17-44(11)29(7)37(47)51-33-21-34(46)45(12)31-20-30(19-26(4)35(31)42)18-25(3)14-13-15-27(5)41(49)22-32(50-38(48)43-41)28(6)36-40(33,10)52-36/h13-15,19-20,24,27-29,32-33,36,49H,16-18,21-23H2,1-12H3,(H,43,48)/b15-13+,25-14+/t27-,28-,29+,32+,33+,36+,40+,41+/m1/s1. The normalized spacial score (nSPS) is 32.0. The first-order valence-corrected chi connectivity index (χ1v) is 20.3. The Bertz CT molecular complexity index is 1580. The molecule has 2 fully saturated rings. The molecule has 0 aromatic heterocycles. The molecule has 1 aromatic rings. The van der Waals surface area contributed by atoms with Gasteiger partial charge in [-0.1, -0.05) is 83.0 Å². The lowest BCUT2D eigenvalue weighted by Gasteiger charge is -2.41. The number of ether oxygens (including phenoxy) is 3. The minimum atomic E-state index is -1.56. The van der Waals surface area contributed by atoms with Crippen LogP contribution in [0.1, 0.15) is 92.7 Å². The topological polar surface area (TPSA) is 121 Å². The lowest BCUT2D eigenvalue weighted by atomic mass is 9.82. The number of thioether (sulfide) groups is 1. The van der Waals surface area contributed by atoms with Crippen LogP contribution in [0.25, 0.3) is 0 Å². The van der Waals surface area contributed by atoms with Gasteiger partial charge in [0, 0.05) is 30.1 Å². The fourth-order valence-electron chi connectivity index (χ4n) is 7.07. The van der Waals surface area contributed by atoms with Crippen molar-refractivity contribution in [3.8, 4) is 0 Å². The number of hydrogen-bond acceptors (Lipinski definition) is 9. The van der Waals surface area contributed by atoms with E-state index in [-0.39, 0.29) is 23.5 Å². The van der Waals surface area contributed by atoms with E-state index in [9.17, 15) is 19.5 Å². The van der Waals surface area contributed by atoms with Crippen molar-refractivity contribution in [1.29, 1.82) is 0 Å². The van der Waals surface area contributed by atoms with Crippen LogP contribution in [-0.2, 0) is 30.2 Å². The van der Waals surface area contributed by atoms with Crippen LogP contribution < -0.4 is 10.2 Å². The Hall–Kier alpha value is -2.57. The van der Waals surface area contributed by atoms with Crippen molar-refractivity contribution in [1.82, 2.24) is 10.2 Å². The number of fused-ring (bicyclic) bond motifs is 5. The zero-order valence-corrected chi connectivity index (χ0v) is 35.3. The summed E-state index contributed by atoms with van der Waals surface area (Å²) in [6.07, 6.45) is 4.27. The molecule has 0 saturated carbocycles. The van der Waals surface area contributed by atoms with E-state index in [4.69, 9.17) is 25.8 Å². The van der Waals surface area contributed by atoms with Gasteiger partial charge < -0.3 is 24.2 Å². The molecule has 0 radical (unpaired) electrons. The first-order chi connectivity index (χ1) is 24.6. The predicted molar refractivity (Wildman–Crippen MR) is 213 cm³/mol. The zero-order chi connectivity index (χ0) is 39.6. The summed E-state index contributed by atoms with van der Waals surface area (Å²) in [5, 5.41) is 14.8. The molecule has 53 heavy (non-hydrogen) atoms. The highest BCUT2D eigenvalue weighted by Crippen LogP contribution is 2.49. The first kappa shape index (κ1) is 43.2. The van der Waals surface area contributed by atoms with E-state index >= 15 is 0 Å². The average molecular weight is 776 g/mol. The third-order valence-corrected chi connectivity index (χ3v) is 13.5. The van der Waals surface area contributed by atoms with Gasteiger partial charge in [-0.15, -0.1) is 0 Å². The summed E-state index contributed by atoms with van der Waals surface area (Å²) < 4.78 is 18.4. The quantitative estimate of drug-likeness (QED) is 0.195. The van der Waals surface area contributed by atoms with Crippen molar-refractivity contribution in [2.75, 3.05) is 31.3 Å². The average Bonchev–Trinajstić information content (AvgIpc) is 3.77. The molecule has 12 heteroatoms. The molecule has 2 amide bonds. The van der Waals surface area contributed by atoms with Crippen molar-refractivity contribution >= 4 is 47.0 Å². The highest BCUT2D eigenvalue weighted by molar-refractivity contribution is 8.00. The number of allylic oxidation sites excluding steroid dienone is 3. The van der Waals surface area contributed by atoms with Gasteiger partial charge in [-0.25, -0.2) is 4.79 Å². The molecule has 0 spiro atoms. The van der Waals surface area contributed by atoms with Crippen molar-refractivity contribution in [2.24, 2.45) is 17.8 Å². The van der Waals surface area contributed by atoms with E-state index in [1.807, 2.05) is 95.6 Å². The Balaban J connectivity index is 1.66. The van der Waals surface area contributed by atoms with E-state index in [1.165, 1.54) is 4.90 Å². The van der Waals surface area contributed by atoms with Crippen LogP contribution in [0, 0.1) is 24.7 Å². The van der Waals surface area contributed by atoms with Gasteiger partial charge in [0.05, 0.1) is 23.2 Å². The molecule has 4 bridgehead atoms. The Morgan fingerprint density at radius 2 is 1.91 bits per heavy atom. The van der Waals surface area contributed by atoms with Gasteiger partial charge in [0.1, 0.15) is 29.6 Å². The van der Waals surface area contributed by atoms with Gasteiger partial charge >= 0.3 is 12.1 Å². The molecule has 0 unspecified atom stereocenters. The molecular formula is C41H62ClN3O7S. The third-order valence-electron chi connectivity index (χ3n) is 11.2. The lowest BCUT2D eigenvalue weighted by Crippen LogP contribution is -2.60. The Kier molecular flexibility index (Phi) is 13.9. The van der Waals surface area contributed by atoms with Gasteiger partial charge in [0.25, 0.3) is 0 Å². The summed E-state index contributed by atoms with van der Waals surface area (Å²) in [5.41, 5.74) is 0.810. The number of nitrogens with zero attached hydrogens (tertiary/aromatic N) is 2. The van der Waals surface area contributed by atoms with Gasteiger partial charge in [0.15, 0.2) is 0 Å². The second-order valence-corrected chi connectivity index (χ2v) is 18.9. The van der Waals surface area contributed by atoms with E-state index < -0.39 is 59.6 Å². The summed E-state index contributed by atoms with van der Waals surface area (Å²) in [6.45, 7) is 20.9. The maximum atomic E-state index is 14.2. The number of hydrogen-bond donors (Lipinski definition) is 2. The molecular weight excluding hydrogens is 714 g/mol.